The van der Waals surface area contributed by atoms with E-state index in [1.54, 1.807) is 37.3 Å². The highest BCUT2D eigenvalue weighted by Crippen LogP contribution is 2.28. The lowest BCUT2D eigenvalue weighted by Gasteiger charge is -2.10. The summed E-state index contributed by atoms with van der Waals surface area (Å²) in [5.41, 5.74) is 3.27. The van der Waals surface area contributed by atoms with E-state index in [-0.39, 0.29) is 5.91 Å². The van der Waals surface area contributed by atoms with E-state index in [9.17, 15) is 4.79 Å². The van der Waals surface area contributed by atoms with Crippen LogP contribution in [0.4, 0.5) is 11.5 Å². The van der Waals surface area contributed by atoms with Crippen molar-refractivity contribution in [2.75, 3.05) is 10.8 Å². The molecule has 110 valence electrons. The van der Waals surface area contributed by atoms with Gasteiger partial charge in [-0.15, -0.1) is 0 Å². The number of halogens is 2. The lowest BCUT2D eigenvalue weighted by atomic mass is 10.3. The number of nitrogens with one attached hydrogen (secondary N) is 2. The monoisotopic (exact) mass is 325 g/mol. The second-order valence-corrected chi connectivity index (χ2v) is 4.96. The molecular formula is C14H13Cl2N3O2. The number of hydrogen-bond donors (Lipinski definition) is 2. The number of hydrogen-bond acceptors (Lipinski definition) is 4. The summed E-state index contributed by atoms with van der Waals surface area (Å²) in [4.78, 5) is 20.7. The molecular weight excluding hydrogens is 313 g/mol. The Balaban J connectivity index is 2.00. The summed E-state index contributed by atoms with van der Waals surface area (Å²) < 4.78 is 0. The number of rotatable bonds is 5. The van der Waals surface area contributed by atoms with Crippen LogP contribution >= 0.6 is 23.2 Å². The molecule has 21 heavy (non-hydrogen) atoms. The van der Waals surface area contributed by atoms with Crippen LogP contribution in [-0.4, -0.2) is 10.9 Å². The van der Waals surface area contributed by atoms with Crippen molar-refractivity contribution >= 4 is 40.6 Å². The number of carbonyl (C=O) groups excluding carboxylic acids is 1. The van der Waals surface area contributed by atoms with Crippen molar-refractivity contribution in [3.63, 3.8) is 0 Å². The van der Waals surface area contributed by atoms with Crippen LogP contribution in [0.25, 0.3) is 0 Å². The molecule has 2 rings (SSSR count). The summed E-state index contributed by atoms with van der Waals surface area (Å²) in [7, 11) is 0. The molecule has 0 radical (unpaired) electrons. The third-order valence-corrected chi connectivity index (χ3v) is 3.05. The van der Waals surface area contributed by atoms with Crippen molar-refractivity contribution in [2.24, 2.45) is 0 Å². The van der Waals surface area contributed by atoms with Gasteiger partial charge >= 0.3 is 0 Å². The van der Waals surface area contributed by atoms with Crippen LogP contribution in [0.3, 0.4) is 0 Å². The maximum Gasteiger partial charge on any atom is 0.224 e. The zero-order chi connectivity index (χ0) is 15.2. The average molecular weight is 326 g/mol. The average Bonchev–Trinajstić information content (AvgIpc) is 2.48. The quantitative estimate of drug-likeness (QED) is 0.811. The fourth-order valence-electron chi connectivity index (χ4n) is 1.45. The molecule has 1 amide bonds. The summed E-state index contributed by atoms with van der Waals surface area (Å²) in [6.07, 6.45) is 1.90. The number of pyridine rings is 1. The summed E-state index contributed by atoms with van der Waals surface area (Å²) in [6.45, 7) is 1.78. The highest BCUT2D eigenvalue weighted by Gasteiger charge is 2.06. The van der Waals surface area contributed by atoms with Gasteiger partial charge in [0.15, 0.2) is 11.6 Å². The van der Waals surface area contributed by atoms with E-state index in [0.29, 0.717) is 33.7 Å². The largest absolute Gasteiger partial charge is 0.379 e. The van der Waals surface area contributed by atoms with E-state index >= 15 is 0 Å². The van der Waals surface area contributed by atoms with Crippen LogP contribution in [0, 0.1) is 0 Å². The molecule has 0 spiro atoms. The lowest BCUT2D eigenvalue weighted by Crippen LogP contribution is -2.10. The van der Waals surface area contributed by atoms with E-state index in [1.165, 1.54) is 6.20 Å². The Hall–Kier alpha value is -1.98. The highest BCUT2D eigenvalue weighted by molar-refractivity contribution is 6.32. The van der Waals surface area contributed by atoms with Gasteiger partial charge in [0, 0.05) is 18.3 Å². The number of aromatic nitrogens is 1. The Morgan fingerprint density at radius 3 is 2.71 bits per heavy atom. The molecule has 7 heteroatoms. The van der Waals surface area contributed by atoms with Crippen LogP contribution < -0.4 is 15.6 Å². The Labute approximate surface area is 132 Å². The molecule has 2 N–H and O–H groups in total. The van der Waals surface area contributed by atoms with Gasteiger partial charge in [-0.3, -0.25) is 4.79 Å². The van der Waals surface area contributed by atoms with Crippen molar-refractivity contribution in [2.45, 2.75) is 13.3 Å². The highest BCUT2D eigenvalue weighted by atomic mass is 35.5. The van der Waals surface area contributed by atoms with Crippen molar-refractivity contribution in [1.29, 1.82) is 0 Å². The Kier molecular flexibility index (Phi) is 5.25. The number of anilines is 2. The van der Waals surface area contributed by atoms with Crippen molar-refractivity contribution < 1.29 is 9.63 Å². The second kappa shape index (κ2) is 7.15. The van der Waals surface area contributed by atoms with Gasteiger partial charge in [-0.2, -0.15) is 0 Å². The lowest BCUT2D eigenvalue weighted by molar-refractivity contribution is -0.115. The number of nitrogens with zero attached hydrogens (tertiary/aromatic N) is 1. The predicted molar refractivity (Wildman–Crippen MR) is 83.9 cm³/mol. The van der Waals surface area contributed by atoms with Crippen LogP contribution in [0.15, 0.2) is 36.5 Å². The van der Waals surface area contributed by atoms with E-state index in [1.807, 2.05) is 0 Å². The molecule has 1 aromatic carbocycles. The van der Waals surface area contributed by atoms with Gasteiger partial charge in [-0.1, -0.05) is 30.1 Å². The molecule has 0 bridgehead atoms. The van der Waals surface area contributed by atoms with Gasteiger partial charge in [0.2, 0.25) is 5.91 Å². The van der Waals surface area contributed by atoms with Gasteiger partial charge in [-0.05, 0) is 30.3 Å². The zero-order valence-electron chi connectivity index (χ0n) is 11.2. The first-order valence-corrected chi connectivity index (χ1v) is 6.98. The first-order valence-electron chi connectivity index (χ1n) is 6.22. The summed E-state index contributed by atoms with van der Waals surface area (Å²) in [5, 5.41) is 3.62. The second-order valence-electron chi connectivity index (χ2n) is 4.11. The summed E-state index contributed by atoms with van der Waals surface area (Å²) >= 11 is 11.8. The molecule has 0 atom stereocenters. The molecule has 0 unspecified atom stereocenters. The van der Waals surface area contributed by atoms with Crippen molar-refractivity contribution in [1.82, 2.24) is 4.98 Å². The first-order chi connectivity index (χ1) is 10.1. The normalized spacial score (nSPS) is 10.0. The van der Waals surface area contributed by atoms with E-state index in [2.05, 4.69) is 15.8 Å². The van der Waals surface area contributed by atoms with Gasteiger partial charge < -0.3 is 10.2 Å². The number of carbonyl (C=O) groups is 1. The number of amides is 1. The molecule has 2 aromatic rings. The molecule has 0 aliphatic heterocycles. The van der Waals surface area contributed by atoms with Crippen LogP contribution in [0.5, 0.6) is 5.75 Å². The minimum Gasteiger partial charge on any atom is -0.379 e. The summed E-state index contributed by atoms with van der Waals surface area (Å²) in [6, 6.07) is 8.32. The fourth-order valence-corrected chi connectivity index (χ4v) is 1.79. The topological polar surface area (TPSA) is 63.2 Å². The number of benzene rings is 1. The Morgan fingerprint density at radius 2 is 2.10 bits per heavy atom. The van der Waals surface area contributed by atoms with Crippen LogP contribution in [-0.2, 0) is 4.79 Å². The zero-order valence-corrected chi connectivity index (χ0v) is 12.7. The van der Waals surface area contributed by atoms with E-state index in [0.717, 1.165) is 0 Å². The molecule has 0 fully saturated rings. The molecule has 5 nitrogen and oxygen atoms in total. The molecule has 1 aromatic heterocycles. The van der Waals surface area contributed by atoms with Gasteiger partial charge in [-0.25, -0.2) is 10.5 Å². The maximum atomic E-state index is 11.3. The molecule has 0 aliphatic rings. The fraction of sp³-hybridized carbons (Fsp3) is 0.143. The standard InChI is InChI=1S/C14H13Cl2N3O2/c1-2-14(20)18-10-4-5-12(11(16)7-10)21-19-13-6-3-9(15)8-17-13/h3-8H,2H2,1H3,(H,17,19)(H,18,20). The van der Waals surface area contributed by atoms with E-state index < -0.39 is 0 Å². The SMILES string of the molecule is CCC(=O)Nc1ccc(ONc2ccc(Cl)cn2)c(Cl)c1. The van der Waals surface area contributed by atoms with Crippen LogP contribution in [0.1, 0.15) is 13.3 Å². The van der Waals surface area contributed by atoms with Gasteiger partial charge in [0.25, 0.3) is 0 Å². The molecule has 0 saturated carbocycles. The Morgan fingerprint density at radius 1 is 1.29 bits per heavy atom. The van der Waals surface area contributed by atoms with E-state index in [4.69, 9.17) is 28.0 Å². The van der Waals surface area contributed by atoms with Crippen molar-refractivity contribution in [3.8, 4) is 5.75 Å². The molecule has 1 heterocycles. The maximum absolute atomic E-state index is 11.3. The van der Waals surface area contributed by atoms with Gasteiger partial charge in [0.05, 0.1) is 10.0 Å². The minimum absolute atomic E-state index is 0.0803. The van der Waals surface area contributed by atoms with Crippen LogP contribution in [0.2, 0.25) is 10.0 Å². The van der Waals surface area contributed by atoms with Gasteiger partial charge in [0.1, 0.15) is 0 Å². The molecule has 0 aliphatic carbocycles. The predicted octanol–water partition coefficient (Wildman–Crippen LogP) is 4.14. The third kappa shape index (κ3) is 4.51. The smallest absolute Gasteiger partial charge is 0.224 e. The third-order valence-electron chi connectivity index (χ3n) is 2.53. The molecule has 0 saturated heterocycles. The Bertz CT molecular complexity index is 633. The summed E-state index contributed by atoms with van der Waals surface area (Å²) in [5.74, 6) is 0.838. The minimum atomic E-state index is -0.0803. The van der Waals surface area contributed by atoms with Crippen molar-refractivity contribution in [3.05, 3.63) is 46.6 Å². The first kappa shape index (κ1) is 15.4.